The second-order valence-electron chi connectivity index (χ2n) is 7.54. The summed E-state index contributed by atoms with van der Waals surface area (Å²) in [4.78, 5) is 21.2. The molecule has 0 saturated heterocycles. The van der Waals surface area contributed by atoms with E-state index in [0.717, 1.165) is 5.01 Å². The van der Waals surface area contributed by atoms with Gasteiger partial charge in [-0.15, -0.1) is 11.3 Å². The normalized spacial score (nSPS) is 11.5. The number of benzene rings is 2. The van der Waals surface area contributed by atoms with Crippen molar-refractivity contribution in [2.24, 2.45) is 0 Å². The summed E-state index contributed by atoms with van der Waals surface area (Å²) in [6, 6.07) is 13.1. The SMILES string of the molecule is Cc1nc(C(=O)Nc2cc(-c3cnc(Cl)c(NS(=O)(=O)c4ccccc4)c3)cc3[nH]ncc23)cs1. The van der Waals surface area contributed by atoms with E-state index in [9.17, 15) is 13.2 Å². The first kappa shape index (κ1) is 23.0. The molecule has 3 heterocycles. The lowest BCUT2D eigenvalue weighted by molar-refractivity contribution is 0.102. The molecule has 0 bridgehead atoms. The highest BCUT2D eigenvalue weighted by Gasteiger charge is 2.18. The number of H-pyrrole nitrogens is 1. The Hall–Kier alpha value is -3.80. The number of pyridine rings is 1. The number of aryl methyl sites for hydroxylation is 1. The largest absolute Gasteiger partial charge is 0.320 e. The van der Waals surface area contributed by atoms with Crippen LogP contribution < -0.4 is 10.0 Å². The molecule has 12 heteroatoms. The van der Waals surface area contributed by atoms with E-state index in [1.807, 2.05) is 13.0 Å². The molecular weight excluding hydrogens is 508 g/mol. The fraction of sp³-hybridized carbons (Fsp3) is 0.0435. The predicted molar refractivity (Wildman–Crippen MR) is 136 cm³/mol. The number of hydrogen-bond acceptors (Lipinski definition) is 7. The first-order chi connectivity index (χ1) is 16.8. The number of amides is 1. The molecule has 5 rings (SSSR count). The molecule has 176 valence electrons. The standard InChI is InChI=1S/C23H17ClN6O3S2/c1-13-27-21(12-34-13)23(31)28-18-7-14(8-19-17(18)11-26-29-19)15-9-20(22(24)25-10-15)30-35(32,33)16-5-3-2-4-6-16/h2-12,30H,1H3,(H,26,29)(H,28,31). The number of sulfonamides is 1. The van der Waals surface area contributed by atoms with Gasteiger partial charge in [0, 0.05) is 22.5 Å². The number of halogens is 1. The average Bonchev–Trinajstić information content (AvgIpc) is 3.50. The Morgan fingerprint density at radius 1 is 1.06 bits per heavy atom. The summed E-state index contributed by atoms with van der Waals surface area (Å²) in [5, 5.41) is 13.0. The van der Waals surface area contributed by atoms with Gasteiger partial charge in [0.1, 0.15) is 5.69 Å². The van der Waals surface area contributed by atoms with Gasteiger partial charge < -0.3 is 5.32 Å². The predicted octanol–water partition coefficient (Wildman–Crippen LogP) is 5.10. The number of rotatable bonds is 6. The van der Waals surface area contributed by atoms with Crippen LogP contribution in [0.1, 0.15) is 15.5 Å². The summed E-state index contributed by atoms with van der Waals surface area (Å²) in [6.07, 6.45) is 3.14. The smallest absolute Gasteiger partial charge is 0.275 e. The zero-order chi connectivity index (χ0) is 24.6. The fourth-order valence-corrected chi connectivity index (χ4v) is 5.33. The molecule has 0 atom stereocenters. The second-order valence-corrected chi connectivity index (χ2v) is 10.6. The Bertz CT molecular complexity index is 1670. The molecule has 0 saturated carbocycles. The van der Waals surface area contributed by atoms with E-state index in [-0.39, 0.29) is 21.6 Å². The van der Waals surface area contributed by atoms with Crippen LogP contribution in [0.15, 0.2) is 71.2 Å². The fourth-order valence-electron chi connectivity index (χ4n) is 3.46. The van der Waals surface area contributed by atoms with Gasteiger partial charge in [-0.2, -0.15) is 5.10 Å². The van der Waals surface area contributed by atoms with Gasteiger partial charge in [0.05, 0.1) is 33.0 Å². The Labute approximate surface area is 209 Å². The average molecular weight is 525 g/mol. The zero-order valence-corrected chi connectivity index (χ0v) is 20.5. The van der Waals surface area contributed by atoms with Crippen molar-refractivity contribution in [2.75, 3.05) is 10.0 Å². The van der Waals surface area contributed by atoms with Crippen molar-refractivity contribution >= 4 is 61.1 Å². The number of carbonyl (C=O) groups is 1. The molecular formula is C23H17ClN6O3S2. The van der Waals surface area contributed by atoms with Gasteiger partial charge in [0.15, 0.2) is 5.15 Å². The molecule has 0 aliphatic carbocycles. The Kier molecular flexibility index (Phi) is 5.97. The number of anilines is 2. The van der Waals surface area contributed by atoms with E-state index in [0.29, 0.717) is 33.4 Å². The highest BCUT2D eigenvalue weighted by atomic mass is 35.5. The number of aromatic nitrogens is 4. The summed E-state index contributed by atoms with van der Waals surface area (Å²) in [5.74, 6) is -0.348. The second kappa shape index (κ2) is 9.10. The molecule has 5 aromatic rings. The van der Waals surface area contributed by atoms with Crippen LogP contribution in [0.2, 0.25) is 5.15 Å². The lowest BCUT2D eigenvalue weighted by Gasteiger charge is -2.12. The van der Waals surface area contributed by atoms with Crippen LogP contribution in [0.25, 0.3) is 22.0 Å². The van der Waals surface area contributed by atoms with Crippen LogP contribution in [0.3, 0.4) is 0 Å². The van der Waals surface area contributed by atoms with Crippen molar-refractivity contribution in [3.05, 3.63) is 82.2 Å². The van der Waals surface area contributed by atoms with Crippen LogP contribution in [0.5, 0.6) is 0 Å². The molecule has 0 aliphatic rings. The van der Waals surface area contributed by atoms with Crippen molar-refractivity contribution in [2.45, 2.75) is 11.8 Å². The maximum absolute atomic E-state index is 12.8. The number of fused-ring (bicyclic) bond motifs is 1. The number of hydrogen-bond donors (Lipinski definition) is 3. The third-order valence-corrected chi connectivity index (χ3v) is 7.58. The number of thiazole rings is 1. The highest BCUT2D eigenvalue weighted by molar-refractivity contribution is 7.92. The van der Waals surface area contributed by atoms with Gasteiger partial charge in [0.25, 0.3) is 15.9 Å². The molecule has 3 aromatic heterocycles. The summed E-state index contributed by atoms with van der Waals surface area (Å²) in [7, 11) is -3.87. The van der Waals surface area contributed by atoms with E-state index < -0.39 is 10.0 Å². The zero-order valence-electron chi connectivity index (χ0n) is 18.1. The molecule has 3 N–H and O–H groups in total. The van der Waals surface area contributed by atoms with E-state index >= 15 is 0 Å². The molecule has 0 fully saturated rings. The minimum Gasteiger partial charge on any atom is -0.320 e. The molecule has 0 spiro atoms. The van der Waals surface area contributed by atoms with Crippen molar-refractivity contribution < 1.29 is 13.2 Å². The van der Waals surface area contributed by atoms with Gasteiger partial charge in [-0.05, 0) is 42.8 Å². The molecule has 0 aliphatic heterocycles. The minimum absolute atomic E-state index is 0.00306. The number of aromatic amines is 1. The topological polar surface area (TPSA) is 130 Å². The van der Waals surface area contributed by atoms with Gasteiger partial charge in [-0.1, -0.05) is 29.8 Å². The first-order valence-corrected chi connectivity index (χ1v) is 13.0. The van der Waals surface area contributed by atoms with Gasteiger partial charge in [0.2, 0.25) is 0 Å². The van der Waals surface area contributed by atoms with Crippen LogP contribution in [0.4, 0.5) is 11.4 Å². The van der Waals surface area contributed by atoms with Crippen molar-refractivity contribution in [3.63, 3.8) is 0 Å². The minimum atomic E-state index is -3.87. The van der Waals surface area contributed by atoms with Crippen molar-refractivity contribution in [1.29, 1.82) is 0 Å². The number of nitrogens with one attached hydrogen (secondary N) is 3. The summed E-state index contributed by atoms with van der Waals surface area (Å²) >= 11 is 7.59. The maximum Gasteiger partial charge on any atom is 0.275 e. The first-order valence-electron chi connectivity index (χ1n) is 10.2. The number of nitrogens with zero attached hydrogens (tertiary/aromatic N) is 3. The van der Waals surface area contributed by atoms with Gasteiger partial charge >= 0.3 is 0 Å². The Morgan fingerprint density at radius 3 is 2.57 bits per heavy atom. The van der Waals surface area contributed by atoms with Crippen LogP contribution >= 0.6 is 22.9 Å². The molecule has 0 unspecified atom stereocenters. The van der Waals surface area contributed by atoms with Crippen LogP contribution in [0, 0.1) is 6.92 Å². The van der Waals surface area contributed by atoms with E-state index in [1.165, 1.54) is 29.7 Å². The summed E-state index contributed by atoms with van der Waals surface area (Å²) in [6.45, 7) is 1.83. The Morgan fingerprint density at radius 2 is 1.83 bits per heavy atom. The van der Waals surface area contributed by atoms with E-state index in [2.05, 4.69) is 30.2 Å². The Balaban J connectivity index is 1.51. The van der Waals surface area contributed by atoms with Crippen LogP contribution in [-0.2, 0) is 10.0 Å². The molecule has 2 aromatic carbocycles. The monoisotopic (exact) mass is 524 g/mol. The van der Waals surface area contributed by atoms with Crippen molar-refractivity contribution in [3.8, 4) is 11.1 Å². The highest BCUT2D eigenvalue weighted by Crippen LogP contribution is 2.33. The van der Waals surface area contributed by atoms with Crippen LogP contribution in [-0.4, -0.2) is 34.5 Å². The van der Waals surface area contributed by atoms with Gasteiger partial charge in [-0.25, -0.2) is 18.4 Å². The molecule has 1 amide bonds. The maximum atomic E-state index is 12.8. The third-order valence-electron chi connectivity index (χ3n) is 5.13. The quantitative estimate of drug-likeness (QED) is 0.265. The van der Waals surface area contributed by atoms with E-state index in [1.54, 1.807) is 41.9 Å². The molecule has 35 heavy (non-hydrogen) atoms. The summed E-state index contributed by atoms with van der Waals surface area (Å²) < 4.78 is 28.1. The lowest BCUT2D eigenvalue weighted by atomic mass is 10.0. The molecule has 0 radical (unpaired) electrons. The molecule has 9 nitrogen and oxygen atoms in total. The number of carbonyl (C=O) groups excluding carboxylic acids is 1. The lowest BCUT2D eigenvalue weighted by Crippen LogP contribution is -2.13. The summed E-state index contributed by atoms with van der Waals surface area (Å²) in [5.41, 5.74) is 2.88. The van der Waals surface area contributed by atoms with Crippen molar-refractivity contribution in [1.82, 2.24) is 20.2 Å². The van der Waals surface area contributed by atoms with Gasteiger partial charge in [-0.3, -0.25) is 14.6 Å². The third kappa shape index (κ3) is 4.74. The van der Waals surface area contributed by atoms with E-state index in [4.69, 9.17) is 11.6 Å².